The van der Waals surface area contributed by atoms with Gasteiger partial charge in [0.15, 0.2) is 5.69 Å². The monoisotopic (exact) mass is 341 g/mol. The van der Waals surface area contributed by atoms with E-state index in [0.717, 1.165) is 11.3 Å². The molecule has 2 aromatic rings. The van der Waals surface area contributed by atoms with E-state index in [9.17, 15) is 14.7 Å². The first-order valence-electron chi connectivity index (χ1n) is 8.49. The third-order valence-electron chi connectivity index (χ3n) is 4.88. The Labute approximate surface area is 147 Å². The Bertz CT molecular complexity index is 782. The fourth-order valence-electron chi connectivity index (χ4n) is 3.55. The van der Waals surface area contributed by atoms with Crippen molar-refractivity contribution < 1.29 is 14.7 Å². The molecule has 132 valence electrons. The molecule has 0 spiro atoms. The summed E-state index contributed by atoms with van der Waals surface area (Å²) in [7, 11) is 1.82. The molecule has 6 nitrogen and oxygen atoms in total. The van der Waals surface area contributed by atoms with Gasteiger partial charge in [-0.3, -0.25) is 14.3 Å². The number of rotatable bonds is 4. The van der Waals surface area contributed by atoms with Crippen molar-refractivity contribution in [3.8, 4) is 0 Å². The zero-order valence-electron chi connectivity index (χ0n) is 14.7. The van der Waals surface area contributed by atoms with Crippen molar-refractivity contribution in [2.75, 3.05) is 13.1 Å². The van der Waals surface area contributed by atoms with Crippen LogP contribution in [-0.4, -0.2) is 44.8 Å². The van der Waals surface area contributed by atoms with Crippen molar-refractivity contribution in [1.82, 2.24) is 14.7 Å². The first-order valence-corrected chi connectivity index (χ1v) is 8.49. The van der Waals surface area contributed by atoms with Crippen molar-refractivity contribution in [2.24, 2.45) is 13.0 Å². The van der Waals surface area contributed by atoms with Gasteiger partial charge >= 0.3 is 5.97 Å². The van der Waals surface area contributed by atoms with Crippen LogP contribution in [0.1, 0.15) is 47.4 Å². The van der Waals surface area contributed by atoms with Crippen LogP contribution in [0.5, 0.6) is 0 Å². The number of benzene rings is 1. The van der Waals surface area contributed by atoms with E-state index >= 15 is 0 Å². The van der Waals surface area contributed by atoms with Crippen LogP contribution in [0.4, 0.5) is 0 Å². The Morgan fingerprint density at radius 3 is 2.44 bits per heavy atom. The van der Waals surface area contributed by atoms with E-state index in [4.69, 9.17) is 0 Å². The summed E-state index contributed by atoms with van der Waals surface area (Å²) in [5, 5.41) is 13.9. The summed E-state index contributed by atoms with van der Waals surface area (Å²) in [5.74, 6) is -1.60. The SMILES string of the molecule is CC(C)c1cc(C(=O)N2CC(C(=O)O)C(c3ccccc3)C2)nn1C. The maximum Gasteiger partial charge on any atom is 0.308 e. The molecule has 1 aromatic carbocycles. The quantitative estimate of drug-likeness (QED) is 0.927. The van der Waals surface area contributed by atoms with Gasteiger partial charge in [0.1, 0.15) is 0 Å². The highest BCUT2D eigenvalue weighted by atomic mass is 16.4. The molecule has 1 aromatic heterocycles. The Kier molecular flexibility index (Phi) is 4.61. The molecule has 0 bridgehead atoms. The lowest BCUT2D eigenvalue weighted by atomic mass is 9.89. The van der Waals surface area contributed by atoms with Gasteiger partial charge in [0.2, 0.25) is 0 Å². The van der Waals surface area contributed by atoms with Gasteiger partial charge in [0.25, 0.3) is 5.91 Å². The van der Waals surface area contributed by atoms with Crippen LogP contribution in [0, 0.1) is 5.92 Å². The summed E-state index contributed by atoms with van der Waals surface area (Å²) in [6, 6.07) is 11.3. The average Bonchev–Trinajstić information content (AvgIpc) is 3.19. The number of aryl methyl sites for hydroxylation is 1. The van der Waals surface area contributed by atoms with Gasteiger partial charge in [-0.25, -0.2) is 0 Å². The molecule has 1 aliphatic heterocycles. The Morgan fingerprint density at radius 1 is 1.20 bits per heavy atom. The molecule has 0 saturated carbocycles. The fourth-order valence-corrected chi connectivity index (χ4v) is 3.55. The second-order valence-corrected chi connectivity index (χ2v) is 6.90. The summed E-state index contributed by atoms with van der Waals surface area (Å²) in [4.78, 5) is 26.1. The van der Waals surface area contributed by atoms with Crippen molar-refractivity contribution in [3.63, 3.8) is 0 Å². The van der Waals surface area contributed by atoms with Gasteiger partial charge < -0.3 is 10.0 Å². The Balaban J connectivity index is 1.85. The number of amides is 1. The highest BCUT2D eigenvalue weighted by molar-refractivity contribution is 5.93. The van der Waals surface area contributed by atoms with Crippen LogP contribution in [-0.2, 0) is 11.8 Å². The zero-order chi connectivity index (χ0) is 18.1. The summed E-state index contributed by atoms with van der Waals surface area (Å²) < 4.78 is 1.72. The minimum Gasteiger partial charge on any atom is -0.481 e. The molecule has 0 aliphatic carbocycles. The summed E-state index contributed by atoms with van der Waals surface area (Å²) in [6.07, 6.45) is 0. The lowest BCUT2D eigenvalue weighted by Gasteiger charge is -2.15. The first-order chi connectivity index (χ1) is 11.9. The standard InChI is InChI=1S/C19H23N3O3/c1-12(2)17-9-16(20-21(17)3)18(23)22-10-14(15(11-22)19(24)25)13-7-5-4-6-8-13/h4-9,12,14-15H,10-11H2,1-3H3,(H,24,25). The molecular formula is C19H23N3O3. The molecule has 1 amide bonds. The molecule has 2 atom stereocenters. The van der Waals surface area contributed by atoms with Crippen molar-refractivity contribution in [3.05, 3.63) is 53.3 Å². The average molecular weight is 341 g/mol. The minimum absolute atomic E-state index is 0.198. The number of hydrogen-bond acceptors (Lipinski definition) is 3. The molecule has 3 rings (SSSR count). The summed E-state index contributed by atoms with van der Waals surface area (Å²) in [5.41, 5.74) is 2.31. The predicted octanol–water partition coefficient (Wildman–Crippen LogP) is 2.48. The number of likely N-dealkylation sites (tertiary alicyclic amines) is 1. The molecule has 2 unspecified atom stereocenters. The second-order valence-electron chi connectivity index (χ2n) is 6.90. The van der Waals surface area contributed by atoms with Crippen molar-refractivity contribution >= 4 is 11.9 Å². The van der Waals surface area contributed by atoms with E-state index in [2.05, 4.69) is 5.10 Å². The van der Waals surface area contributed by atoms with Gasteiger partial charge in [-0.2, -0.15) is 5.10 Å². The topological polar surface area (TPSA) is 75.4 Å². The van der Waals surface area contributed by atoms with Crippen LogP contribution >= 0.6 is 0 Å². The molecule has 1 N–H and O–H groups in total. The van der Waals surface area contributed by atoms with E-state index in [0.29, 0.717) is 12.2 Å². The first kappa shape index (κ1) is 17.2. The number of carbonyl (C=O) groups excluding carboxylic acids is 1. The Morgan fingerprint density at radius 2 is 1.88 bits per heavy atom. The highest BCUT2D eigenvalue weighted by Crippen LogP contribution is 2.33. The number of carbonyl (C=O) groups is 2. The highest BCUT2D eigenvalue weighted by Gasteiger charge is 2.41. The maximum absolute atomic E-state index is 12.8. The van der Waals surface area contributed by atoms with Crippen molar-refractivity contribution in [2.45, 2.75) is 25.7 Å². The van der Waals surface area contributed by atoms with Crippen LogP contribution in [0.3, 0.4) is 0 Å². The van der Waals surface area contributed by atoms with Crippen LogP contribution in [0.2, 0.25) is 0 Å². The van der Waals surface area contributed by atoms with Gasteiger partial charge in [-0.15, -0.1) is 0 Å². The molecule has 1 saturated heterocycles. The van der Waals surface area contributed by atoms with Crippen LogP contribution < -0.4 is 0 Å². The number of carboxylic acid groups (broad SMARTS) is 1. The summed E-state index contributed by atoms with van der Waals surface area (Å²) in [6.45, 7) is 4.70. The molecule has 1 fully saturated rings. The van der Waals surface area contributed by atoms with E-state index in [1.54, 1.807) is 15.6 Å². The lowest BCUT2D eigenvalue weighted by molar-refractivity contribution is -0.141. The van der Waals surface area contributed by atoms with Gasteiger partial charge in [-0.1, -0.05) is 44.2 Å². The third kappa shape index (κ3) is 3.29. The number of aliphatic carboxylic acids is 1. The lowest BCUT2D eigenvalue weighted by Crippen LogP contribution is -2.30. The second kappa shape index (κ2) is 6.70. The van der Waals surface area contributed by atoms with Crippen LogP contribution in [0.15, 0.2) is 36.4 Å². The summed E-state index contributed by atoms with van der Waals surface area (Å²) >= 11 is 0. The van der Waals surface area contributed by atoms with Crippen molar-refractivity contribution in [1.29, 1.82) is 0 Å². The van der Waals surface area contributed by atoms with Gasteiger partial charge in [-0.05, 0) is 17.5 Å². The third-order valence-corrected chi connectivity index (χ3v) is 4.88. The smallest absolute Gasteiger partial charge is 0.308 e. The number of nitrogens with zero attached hydrogens (tertiary/aromatic N) is 3. The molecule has 1 aliphatic rings. The molecule has 6 heteroatoms. The number of hydrogen-bond donors (Lipinski definition) is 1. The van der Waals surface area contributed by atoms with Gasteiger partial charge in [0.05, 0.1) is 5.92 Å². The van der Waals surface area contributed by atoms with E-state index in [-0.39, 0.29) is 24.3 Å². The molecule has 2 heterocycles. The van der Waals surface area contributed by atoms with Gasteiger partial charge in [0, 0.05) is 31.7 Å². The number of carboxylic acids is 1. The van der Waals surface area contributed by atoms with E-state index in [1.807, 2.05) is 51.2 Å². The van der Waals surface area contributed by atoms with E-state index < -0.39 is 11.9 Å². The maximum atomic E-state index is 12.8. The predicted molar refractivity (Wildman–Crippen MR) is 93.5 cm³/mol. The Hall–Kier alpha value is -2.63. The largest absolute Gasteiger partial charge is 0.481 e. The zero-order valence-corrected chi connectivity index (χ0v) is 14.7. The van der Waals surface area contributed by atoms with E-state index in [1.165, 1.54) is 0 Å². The van der Waals surface area contributed by atoms with Crippen LogP contribution in [0.25, 0.3) is 0 Å². The molecular weight excluding hydrogens is 318 g/mol. The molecule has 0 radical (unpaired) electrons. The minimum atomic E-state index is -0.868. The fraction of sp³-hybridized carbons (Fsp3) is 0.421. The molecule has 25 heavy (non-hydrogen) atoms. The number of aromatic nitrogens is 2. The normalized spacial score (nSPS) is 20.2.